The van der Waals surface area contributed by atoms with E-state index in [1.165, 1.54) is 11.3 Å². The van der Waals surface area contributed by atoms with Crippen LogP contribution in [0, 0.1) is 11.3 Å². The van der Waals surface area contributed by atoms with Crippen LogP contribution in [0.4, 0.5) is 0 Å². The summed E-state index contributed by atoms with van der Waals surface area (Å²) in [4.78, 5) is 7.11. The van der Waals surface area contributed by atoms with Gasteiger partial charge >= 0.3 is 0 Å². The lowest BCUT2D eigenvalue weighted by Crippen LogP contribution is -2.32. The van der Waals surface area contributed by atoms with Crippen molar-refractivity contribution >= 4 is 34.5 Å². The molecule has 4 nitrogen and oxygen atoms in total. The molecular formula is C16H19Cl2N3OS. The number of benzene rings is 1. The average Bonchev–Trinajstić information content (AvgIpc) is 3.06. The molecule has 2 aromatic rings. The number of rotatable bonds is 1. The van der Waals surface area contributed by atoms with Gasteiger partial charge in [-0.3, -0.25) is 4.98 Å². The lowest BCUT2D eigenvalue weighted by molar-refractivity contribution is 0.0503. The van der Waals surface area contributed by atoms with E-state index in [0.717, 1.165) is 31.2 Å². The Kier molecular flexibility index (Phi) is 10.6. The molecule has 3 rings (SSSR count). The summed E-state index contributed by atoms with van der Waals surface area (Å²) in [5.74, 6) is 0. The van der Waals surface area contributed by atoms with Crippen LogP contribution >= 0.6 is 34.5 Å². The third-order valence-corrected chi connectivity index (χ3v) is 4.33. The van der Waals surface area contributed by atoms with E-state index in [-0.39, 0.29) is 0 Å². The third-order valence-electron chi connectivity index (χ3n) is 2.80. The number of hydrogen-bond donors (Lipinski definition) is 0. The second-order valence-electron chi connectivity index (χ2n) is 4.63. The monoisotopic (exact) mass is 371 g/mol. The summed E-state index contributed by atoms with van der Waals surface area (Å²) in [6.07, 6.45) is 2.21. The standard InChI is InChI=1S/C6H4Cl2.C5H4N2S.C5H11NO/c7-5-3-1-2-4-6(5)8;6-2-1-5-3-7-4-8-5;1-6-2-4-7-5-3-6/h1-4H;3-4H,1H2;2-5H2,1H3. The Hall–Kier alpha value is -1.16. The third kappa shape index (κ3) is 9.54. The van der Waals surface area contributed by atoms with Gasteiger partial charge in [-0.15, -0.1) is 11.3 Å². The number of ether oxygens (including phenoxy) is 1. The highest BCUT2D eigenvalue weighted by Gasteiger charge is 2.02. The van der Waals surface area contributed by atoms with Crippen LogP contribution in [-0.4, -0.2) is 43.2 Å². The van der Waals surface area contributed by atoms with Crippen molar-refractivity contribution in [3.8, 4) is 6.07 Å². The molecule has 0 amide bonds. The highest BCUT2D eigenvalue weighted by molar-refractivity contribution is 7.09. The number of likely N-dealkylation sites (N-methyl/N-ethyl adjacent to an activating group) is 1. The number of nitriles is 1. The van der Waals surface area contributed by atoms with E-state index in [2.05, 4.69) is 16.9 Å². The van der Waals surface area contributed by atoms with Crippen LogP contribution in [0.15, 0.2) is 36.0 Å². The maximum atomic E-state index is 8.17. The van der Waals surface area contributed by atoms with Gasteiger partial charge in [-0.25, -0.2) is 0 Å². The fourth-order valence-electron chi connectivity index (χ4n) is 1.50. The van der Waals surface area contributed by atoms with Crippen molar-refractivity contribution in [3.63, 3.8) is 0 Å². The molecule has 1 aliphatic heterocycles. The van der Waals surface area contributed by atoms with Crippen molar-refractivity contribution in [3.05, 3.63) is 50.9 Å². The maximum absolute atomic E-state index is 8.17. The molecule has 0 atom stereocenters. The van der Waals surface area contributed by atoms with E-state index in [9.17, 15) is 0 Å². The molecule has 0 saturated carbocycles. The Labute approximate surface area is 151 Å². The lowest BCUT2D eigenvalue weighted by Gasteiger charge is -2.21. The van der Waals surface area contributed by atoms with Crippen LogP contribution in [0.25, 0.3) is 0 Å². The second kappa shape index (κ2) is 12.3. The van der Waals surface area contributed by atoms with Gasteiger partial charge in [0, 0.05) is 24.2 Å². The first-order valence-electron chi connectivity index (χ1n) is 7.04. The predicted molar refractivity (Wildman–Crippen MR) is 96.2 cm³/mol. The molecule has 2 heterocycles. The zero-order valence-corrected chi connectivity index (χ0v) is 15.2. The molecule has 0 spiro atoms. The first-order valence-corrected chi connectivity index (χ1v) is 8.67. The molecule has 0 bridgehead atoms. The SMILES string of the molecule is CN1CCOCC1.Clc1ccccc1Cl.N#CCc1cncs1. The minimum absolute atomic E-state index is 0.491. The van der Waals surface area contributed by atoms with Crippen LogP contribution in [-0.2, 0) is 11.2 Å². The quantitative estimate of drug-likeness (QED) is 0.755. The van der Waals surface area contributed by atoms with Crippen LogP contribution in [0.2, 0.25) is 10.0 Å². The number of thiazole rings is 1. The molecular weight excluding hydrogens is 353 g/mol. The Bertz CT molecular complexity index is 560. The van der Waals surface area contributed by atoms with Crippen molar-refractivity contribution in [2.24, 2.45) is 0 Å². The van der Waals surface area contributed by atoms with Crippen LogP contribution < -0.4 is 0 Å². The molecule has 1 saturated heterocycles. The van der Waals surface area contributed by atoms with Gasteiger partial charge in [-0.05, 0) is 19.2 Å². The Balaban J connectivity index is 0.000000173. The maximum Gasteiger partial charge on any atom is 0.0794 e. The molecule has 0 aliphatic carbocycles. The fourth-order valence-corrected chi connectivity index (χ4v) is 2.30. The summed E-state index contributed by atoms with van der Waals surface area (Å²) in [7, 11) is 2.11. The van der Waals surface area contributed by atoms with E-state index >= 15 is 0 Å². The Morgan fingerprint density at radius 1 is 1.26 bits per heavy atom. The highest BCUT2D eigenvalue weighted by Crippen LogP contribution is 2.19. The smallest absolute Gasteiger partial charge is 0.0794 e. The second-order valence-corrected chi connectivity index (χ2v) is 6.42. The van der Waals surface area contributed by atoms with Crippen molar-refractivity contribution < 1.29 is 4.74 Å². The number of morpholine rings is 1. The van der Waals surface area contributed by atoms with Gasteiger partial charge in [0.15, 0.2) is 0 Å². The van der Waals surface area contributed by atoms with Gasteiger partial charge in [0.2, 0.25) is 0 Å². The van der Waals surface area contributed by atoms with Crippen LogP contribution in [0.1, 0.15) is 4.88 Å². The molecule has 0 radical (unpaired) electrons. The normalized spacial score (nSPS) is 13.8. The molecule has 124 valence electrons. The van der Waals surface area contributed by atoms with Gasteiger partial charge in [0.1, 0.15) is 0 Å². The Morgan fingerprint density at radius 2 is 1.87 bits per heavy atom. The van der Waals surface area contributed by atoms with E-state index in [1.807, 2.05) is 18.2 Å². The van der Waals surface area contributed by atoms with Gasteiger partial charge < -0.3 is 9.64 Å². The van der Waals surface area contributed by atoms with E-state index in [0.29, 0.717) is 16.5 Å². The summed E-state index contributed by atoms with van der Waals surface area (Å²) < 4.78 is 5.10. The van der Waals surface area contributed by atoms with Crippen molar-refractivity contribution in [1.29, 1.82) is 5.26 Å². The predicted octanol–water partition coefficient (Wildman–Crippen LogP) is 4.15. The summed E-state index contributed by atoms with van der Waals surface area (Å²) in [6.45, 7) is 4.02. The first kappa shape index (κ1) is 19.9. The molecule has 7 heteroatoms. The fraction of sp³-hybridized carbons (Fsp3) is 0.375. The summed E-state index contributed by atoms with van der Waals surface area (Å²) in [5, 5.41) is 9.38. The van der Waals surface area contributed by atoms with Gasteiger partial charge in [-0.1, -0.05) is 35.3 Å². The van der Waals surface area contributed by atoms with Gasteiger partial charge in [0.05, 0.1) is 41.3 Å². The van der Waals surface area contributed by atoms with Crippen LogP contribution in [0.3, 0.4) is 0 Å². The molecule has 0 N–H and O–H groups in total. The van der Waals surface area contributed by atoms with Crippen molar-refractivity contribution in [1.82, 2.24) is 9.88 Å². The largest absolute Gasteiger partial charge is 0.379 e. The zero-order chi connectivity index (χ0) is 16.9. The minimum Gasteiger partial charge on any atom is -0.379 e. The minimum atomic E-state index is 0.491. The summed E-state index contributed by atoms with van der Waals surface area (Å²) >= 11 is 12.7. The number of halogens is 2. The average molecular weight is 372 g/mol. The number of nitrogens with zero attached hydrogens (tertiary/aromatic N) is 3. The molecule has 1 aliphatic rings. The zero-order valence-electron chi connectivity index (χ0n) is 12.9. The first-order chi connectivity index (χ1) is 11.1. The van der Waals surface area contributed by atoms with E-state index in [1.54, 1.807) is 23.8 Å². The Morgan fingerprint density at radius 3 is 2.22 bits per heavy atom. The summed E-state index contributed by atoms with van der Waals surface area (Å²) in [5.41, 5.74) is 1.73. The molecule has 1 aromatic heterocycles. The van der Waals surface area contributed by atoms with Crippen molar-refractivity contribution in [2.45, 2.75) is 6.42 Å². The number of hydrogen-bond acceptors (Lipinski definition) is 5. The van der Waals surface area contributed by atoms with Gasteiger partial charge in [0.25, 0.3) is 0 Å². The molecule has 1 fully saturated rings. The topological polar surface area (TPSA) is 49.1 Å². The van der Waals surface area contributed by atoms with Crippen molar-refractivity contribution in [2.75, 3.05) is 33.4 Å². The molecule has 1 aromatic carbocycles. The lowest BCUT2D eigenvalue weighted by atomic mass is 10.4. The highest BCUT2D eigenvalue weighted by atomic mass is 35.5. The molecule has 0 unspecified atom stereocenters. The van der Waals surface area contributed by atoms with E-state index < -0.39 is 0 Å². The summed E-state index contributed by atoms with van der Waals surface area (Å²) in [6, 6.07) is 9.23. The van der Waals surface area contributed by atoms with E-state index in [4.69, 9.17) is 33.2 Å². The van der Waals surface area contributed by atoms with Gasteiger partial charge in [-0.2, -0.15) is 5.26 Å². The van der Waals surface area contributed by atoms with Crippen LogP contribution in [0.5, 0.6) is 0 Å². The molecule has 23 heavy (non-hydrogen) atoms. The number of aromatic nitrogens is 1.